The van der Waals surface area contributed by atoms with Gasteiger partial charge in [0.15, 0.2) is 5.82 Å². The molecule has 1 aromatic carbocycles. The number of anilines is 1. The molecule has 164 valence electrons. The first-order chi connectivity index (χ1) is 15.0. The maximum absolute atomic E-state index is 13.7. The fourth-order valence-electron chi connectivity index (χ4n) is 6.16. The van der Waals surface area contributed by atoms with Gasteiger partial charge in [-0.15, -0.1) is 0 Å². The summed E-state index contributed by atoms with van der Waals surface area (Å²) in [4.78, 5) is 31.0. The van der Waals surface area contributed by atoms with E-state index < -0.39 is 4.92 Å². The Morgan fingerprint density at radius 1 is 1.13 bits per heavy atom. The topological polar surface area (TPSA) is 94.2 Å². The Morgan fingerprint density at radius 3 is 2.52 bits per heavy atom. The maximum atomic E-state index is 13.7. The van der Waals surface area contributed by atoms with E-state index in [-0.39, 0.29) is 23.2 Å². The third kappa shape index (κ3) is 3.15. The molecule has 2 atom stereocenters. The van der Waals surface area contributed by atoms with Gasteiger partial charge in [0.1, 0.15) is 0 Å². The van der Waals surface area contributed by atoms with Crippen molar-refractivity contribution < 1.29 is 9.72 Å². The lowest BCUT2D eigenvalue weighted by Gasteiger charge is -2.55. The average Bonchev–Trinajstić information content (AvgIpc) is 3.25. The van der Waals surface area contributed by atoms with Gasteiger partial charge in [-0.05, 0) is 37.8 Å². The molecule has 0 bridgehead atoms. The predicted molar refractivity (Wildman–Crippen MR) is 116 cm³/mol. The van der Waals surface area contributed by atoms with Crippen LogP contribution in [-0.4, -0.2) is 31.6 Å². The van der Waals surface area contributed by atoms with Crippen LogP contribution in [0.5, 0.6) is 0 Å². The van der Waals surface area contributed by atoms with Gasteiger partial charge in [0.2, 0.25) is 5.95 Å². The van der Waals surface area contributed by atoms with Gasteiger partial charge in [-0.2, -0.15) is 10.1 Å². The van der Waals surface area contributed by atoms with E-state index in [1.165, 1.54) is 37.8 Å². The number of rotatable bonds is 3. The van der Waals surface area contributed by atoms with E-state index in [1.54, 1.807) is 12.1 Å². The summed E-state index contributed by atoms with van der Waals surface area (Å²) in [5.41, 5.74) is 0.413. The first kappa shape index (κ1) is 20.2. The van der Waals surface area contributed by atoms with Crippen molar-refractivity contribution in [3.05, 3.63) is 45.8 Å². The van der Waals surface area contributed by atoms with Crippen molar-refractivity contribution in [1.82, 2.24) is 14.8 Å². The number of hydrogen-bond donors (Lipinski definition) is 0. The number of aromatic nitrogens is 3. The SMILES string of the molecule is CCc1nc2n(n1)C1(CCCCC1)C1CCCCC1N2C(=O)c1ccc([N+](=O)[O-])cc1. The van der Waals surface area contributed by atoms with E-state index in [0.717, 1.165) is 44.3 Å². The molecule has 2 fully saturated rings. The van der Waals surface area contributed by atoms with Crippen LogP contribution in [0.25, 0.3) is 0 Å². The molecule has 3 aliphatic rings. The Balaban J connectivity index is 1.62. The van der Waals surface area contributed by atoms with Gasteiger partial charge in [-0.1, -0.05) is 39.0 Å². The molecule has 8 nitrogen and oxygen atoms in total. The number of carbonyl (C=O) groups excluding carboxylic acids is 1. The summed E-state index contributed by atoms with van der Waals surface area (Å²) in [6, 6.07) is 6.03. The van der Waals surface area contributed by atoms with Crippen molar-refractivity contribution in [3.8, 4) is 0 Å². The minimum Gasteiger partial charge on any atom is -0.273 e. The highest BCUT2D eigenvalue weighted by Crippen LogP contribution is 2.53. The first-order valence-electron chi connectivity index (χ1n) is 11.6. The van der Waals surface area contributed by atoms with Crippen LogP contribution in [0.15, 0.2) is 24.3 Å². The zero-order valence-electron chi connectivity index (χ0n) is 18.0. The van der Waals surface area contributed by atoms with Gasteiger partial charge in [-0.25, -0.2) is 4.68 Å². The quantitative estimate of drug-likeness (QED) is 0.530. The molecule has 1 aliphatic heterocycles. The number of non-ortho nitro benzene ring substituents is 1. The number of benzene rings is 1. The van der Waals surface area contributed by atoms with E-state index >= 15 is 0 Å². The fraction of sp³-hybridized carbons (Fsp3) is 0.609. The lowest BCUT2D eigenvalue weighted by Crippen LogP contribution is -2.61. The highest BCUT2D eigenvalue weighted by Gasteiger charge is 2.55. The van der Waals surface area contributed by atoms with Gasteiger partial charge < -0.3 is 0 Å². The van der Waals surface area contributed by atoms with Crippen LogP contribution in [0.1, 0.15) is 80.9 Å². The largest absolute Gasteiger partial charge is 0.273 e. The molecule has 8 heteroatoms. The van der Waals surface area contributed by atoms with Crippen LogP contribution in [0.3, 0.4) is 0 Å². The Hall–Kier alpha value is -2.77. The average molecular weight is 424 g/mol. The number of aryl methyl sites for hydroxylation is 1. The normalized spacial score (nSPS) is 24.5. The molecule has 2 aliphatic carbocycles. The Morgan fingerprint density at radius 2 is 1.84 bits per heavy atom. The van der Waals surface area contributed by atoms with E-state index in [1.807, 2.05) is 11.8 Å². The van der Waals surface area contributed by atoms with Crippen molar-refractivity contribution in [3.63, 3.8) is 0 Å². The van der Waals surface area contributed by atoms with E-state index in [2.05, 4.69) is 4.68 Å². The minimum absolute atomic E-state index is 0.0108. The number of nitro groups is 1. The number of fused-ring (bicyclic) bond motifs is 4. The summed E-state index contributed by atoms with van der Waals surface area (Å²) in [7, 11) is 0. The zero-order chi connectivity index (χ0) is 21.6. The summed E-state index contributed by atoms with van der Waals surface area (Å²) >= 11 is 0. The molecular weight excluding hydrogens is 394 g/mol. The van der Waals surface area contributed by atoms with Crippen molar-refractivity contribution >= 4 is 17.5 Å². The Labute approximate surface area is 181 Å². The van der Waals surface area contributed by atoms with E-state index in [9.17, 15) is 14.9 Å². The third-order valence-corrected chi connectivity index (χ3v) is 7.60. The van der Waals surface area contributed by atoms with Crippen LogP contribution in [-0.2, 0) is 12.0 Å². The number of amides is 1. The molecule has 0 N–H and O–H groups in total. The summed E-state index contributed by atoms with van der Waals surface area (Å²) < 4.78 is 2.11. The van der Waals surface area contributed by atoms with Gasteiger partial charge in [-0.3, -0.25) is 19.8 Å². The van der Waals surface area contributed by atoms with E-state index in [4.69, 9.17) is 10.1 Å². The molecule has 0 saturated heterocycles. The van der Waals surface area contributed by atoms with Gasteiger partial charge in [0.05, 0.1) is 10.5 Å². The molecule has 2 unspecified atom stereocenters. The van der Waals surface area contributed by atoms with Crippen molar-refractivity contribution in [1.29, 1.82) is 0 Å². The standard InChI is InChI=1S/C23H29N5O3/c1-2-20-24-22-26(21(29)16-10-12-17(13-11-16)28(30)31)19-9-5-4-8-18(19)23(27(22)25-20)14-6-3-7-15-23/h10-13,18-19H,2-9,14-15H2,1H3. The van der Waals surface area contributed by atoms with Crippen molar-refractivity contribution in [2.45, 2.75) is 82.7 Å². The molecule has 1 amide bonds. The van der Waals surface area contributed by atoms with Gasteiger partial charge in [0, 0.05) is 36.1 Å². The molecule has 0 radical (unpaired) electrons. The Bertz CT molecular complexity index is 993. The summed E-state index contributed by atoms with van der Waals surface area (Å²) in [6.07, 6.45) is 11.0. The molecule has 2 heterocycles. The minimum atomic E-state index is -0.441. The second-order valence-corrected chi connectivity index (χ2v) is 9.20. The molecule has 2 saturated carbocycles. The lowest BCUT2D eigenvalue weighted by atomic mass is 9.64. The van der Waals surface area contributed by atoms with Crippen LogP contribution >= 0.6 is 0 Å². The number of nitro benzene ring substituents is 1. The first-order valence-corrected chi connectivity index (χ1v) is 11.6. The summed E-state index contributed by atoms with van der Waals surface area (Å²) in [5, 5.41) is 16.0. The fourth-order valence-corrected chi connectivity index (χ4v) is 6.16. The summed E-state index contributed by atoms with van der Waals surface area (Å²) in [6.45, 7) is 2.05. The Kier molecular flexibility index (Phi) is 5.02. The highest BCUT2D eigenvalue weighted by molar-refractivity contribution is 6.06. The second-order valence-electron chi connectivity index (χ2n) is 9.20. The maximum Gasteiger partial charge on any atom is 0.269 e. The van der Waals surface area contributed by atoms with Gasteiger partial charge >= 0.3 is 0 Å². The molecule has 2 aromatic rings. The second kappa shape index (κ2) is 7.73. The van der Waals surface area contributed by atoms with Crippen LogP contribution in [0.4, 0.5) is 11.6 Å². The smallest absolute Gasteiger partial charge is 0.269 e. The van der Waals surface area contributed by atoms with Crippen LogP contribution in [0, 0.1) is 16.0 Å². The molecular formula is C23H29N5O3. The predicted octanol–water partition coefficient (Wildman–Crippen LogP) is 4.63. The number of carbonyl (C=O) groups is 1. The van der Waals surface area contributed by atoms with Crippen molar-refractivity contribution in [2.75, 3.05) is 4.90 Å². The third-order valence-electron chi connectivity index (χ3n) is 7.60. The molecule has 5 rings (SSSR count). The number of hydrogen-bond acceptors (Lipinski definition) is 5. The van der Waals surface area contributed by atoms with Crippen LogP contribution in [0.2, 0.25) is 0 Å². The molecule has 31 heavy (non-hydrogen) atoms. The summed E-state index contributed by atoms with van der Waals surface area (Å²) in [5.74, 6) is 1.70. The number of nitrogens with zero attached hydrogens (tertiary/aromatic N) is 5. The monoisotopic (exact) mass is 423 g/mol. The van der Waals surface area contributed by atoms with E-state index in [0.29, 0.717) is 17.4 Å². The van der Waals surface area contributed by atoms with Crippen LogP contribution < -0.4 is 4.90 Å². The van der Waals surface area contributed by atoms with Crippen molar-refractivity contribution in [2.24, 2.45) is 5.92 Å². The lowest BCUT2D eigenvalue weighted by molar-refractivity contribution is -0.384. The zero-order valence-corrected chi connectivity index (χ0v) is 18.0. The molecule has 1 spiro atoms. The highest BCUT2D eigenvalue weighted by atomic mass is 16.6. The molecule has 1 aromatic heterocycles. The van der Waals surface area contributed by atoms with Gasteiger partial charge in [0.25, 0.3) is 11.6 Å².